The molecule has 7 nitrogen and oxygen atoms in total. The molecule has 7 heteroatoms. The van der Waals surface area contributed by atoms with Crippen molar-refractivity contribution < 1.29 is 9.84 Å². The summed E-state index contributed by atoms with van der Waals surface area (Å²) >= 11 is 0. The van der Waals surface area contributed by atoms with Gasteiger partial charge < -0.3 is 15.6 Å². The third-order valence-corrected chi connectivity index (χ3v) is 10.9. The maximum atomic E-state index is 10.6. The molecule has 2 heterocycles. The third kappa shape index (κ3) is 4.15. The lowest BCUT2D eigenvalue weighted by atomic mass is 9.49. The molecular weight excluding hydrogens is 474 g/mol. The van der Waals surface area contributed by atoms with Crippen molar-refractivity contribution in [2.45, 2.75) is 59.3 Å². The quantitative estimate of drug-likeness (QED) is 0.468. The summed E-state index contributed by atoms with van der Waals surface area (Å²) in [6.07, 6.45) is 13.9. The second kappa shape index (κ2) is 9.76. The standard InChI is InChI=1S/C31H41N5O2/c1-20-4-9-27-26(14-32)28(10-11-30(20,27)2)31(3)13-21-17-36(35-29(21)12-22(31)18-37)23-5-7-24(8-6-23)38-25-15-33-19-34-16-25/h5-8,15-17,19-20,22,26-28,37H,4,9-14,18,32H2,1-3H3/t20-,22+,26-,27-,28-,30+,31-/m0/s1. The summed E-state index contributed by atoms with van der Waals surface area (Å²) in [5.41, 5.74) is 10.4. The Labute approximate surface area is 225 Å². The zero-order chi connectivity index (χ0) is 26.5. The molecule has 0 unspecified atom stereocenters. The highest BCUT2D eigenvalue weighted by molar-refractivity contribution is 5.40. The van der Waals surface area contributed by atoms with E-state index in [0.717, 1.165) is 42.4 Å². The maximum Gasteiger partial charge on any atom is 0.163 e. The monoisotopic (exact) mass is 515 g/mol. The van der Waals surface area contributed by atoms with Crippen LogP contribution in [0, 0.1) is 40.4 Å². The first-order chi connectivity index (χ1) is 18.4. The minimum Gasteiger partial charge on any atom is -0.454 e. The van der Waals surface area contributed by atoms with Crippen molar-refractivity contribution in [3.63, 3.8) is 0 Å². The number of hydrogen-bond donors (Lipinski definition) is 2. The molecule has 202 valence electrons. The number of aliphatic hydroxyl groups is 1. The van der Waals surface area contributed by atoms with E-state index in [1.807, 2.05) is 28.9 Å². The van der Waals surface area contributed by atoms with Crippen LogP contribution in [0.2, 0.25) is 0 Å². The molecule has 0 spiro atoms. The SMILES string of the molecule is C[C@H]1CC[C@H]2[C@H](CN)[C@@H]([C@@]3(C)Cc4cn(-c5ccc(Oc6cncnc6)cc5)nc4C[C@@H]3CO)CC[C@]12C. The summed E-state index contributed by atoms with van der Waals surface area (Å²) in [5, 5.41) is 15.6. The molecule has 0 radical (unpaired) electrons. The summed E-state index contributed by atoms with van der Waals surface area (Å²) in [5.74, 6) is 4.06. The minimum absolute atomic E-state index is 0.0161. The van der Waals surface area contributed by atoms with Gasteiger partial charge in [0.25, 0.3) is 0 Å². The van der Waals surface area contributed by atoms with E-state index in [-0.39, 0.29) is 17.9 Å². The molecule has 0 aliphatic heterocycles. The van der Waals surface area contributed by atoms with Crippen LogP contribution in [0.1, 0.15) is 57.7 Å². The molecule has 38 heavy (non-hydrogen) atoms. The van der Waals surface area contributed by atoms with E-state index in [0.29, 0.717) is 28.9 Å². The predicted molar refractivity (Wildman–Crippen MR) is 147 cm³/mol. The molecule has 0 amide bonds. The van der Waals surface area contributed by atoms with Crippen LogP contribution in [0.15, 0.2) is 49.2 Å². The van der Waals surface area contributed by atoms with Gasteiger partial charge in [-0.15, -0.1) is 0 Å². The Balaban J connectivity index is 1.25. The first-order valence-electron chi connectivity index (χ1n) is 14.3. The van der Waals surface area contributed by atoms with E-state index in [2.05, 4.69) is 36.9 Å². The Morgan fingerprint density at radius 1 is 1.03 bits per heavy atom. The van der Waals surface area contributed by atoms with Gasteiger partial charge in [-0.05, 0) is 115 Å². The number of ether oxygens (including phenoxy) is 1. The molecule has 3 aliphatic carbocycles. The van der Waals surface area contributed by atoms with Gasteiger partial charge in [-0.3, -0.25) is 0 Å². The average molecular weight is 516 g/mol. The lowest BCUT2D eigenvalue weighted by Crippen LogP contribution is -2.53. The van der Waals surface area contributed by atoms with Crippen LogP contribution in [0.4, 0.5) is 0 Å². The van der Waals surface area contributed by atoms with Crippen LogP contribution in [-0.4, -0.2) is 38.0 Å². The van der Waals surface area contributed by atoms with Gasteiger partial charge in [0, 0.05) is 12.8 Å². The first kappa shape index (κ1) is 25.5. The van der Waals surface area contributed by atoms with Crippen LogP contribution in [0.5, 0.6) is 11.5 Å². The van der Waals surface area contributed by atoms with Gasteiger partial charge >= 0.3 is 0 Å². The highest BCUT2D eigenvalue weighted by Gasteiger charge is 2.57. The van der Waals surface area contributed by atoms with E-state index in [1.165, 1.54) is 37.6 Å². The van der Waals surface area contributed by atoms with E-state index in [9.17, 15) is 5.11 Å². The zero-order valence-corrected chi connectivity index (χ0v) is 22.9. The van der Waals surface area contributed by atoms with E-state index in [1.54, 1.807) is 12.4 Å². The third-order valence-electron chi connectivity index (χ3n) is 10.9. The van der Waals surface area contributed by atoms with Crippen molar-refractivity contribution in [2.24, 2.45) is 46.2 Å². The van der Waals surface area contributed by atoms with Crippen molar-refractivity contribution in [2.75, 3.05) is 13.2 Å². The van der Waals surface area contributed by atoms with Crippen molar-refractivity contribution in [1.29, 1.82) is 0 Å². The van der Waals surface area contributed by atoms with Crippen LogP contribution in [0.3, 0.4) is 0 Å². The van der Waals surface area contributed by atoms with E-state index < -0.39 is 0 Å². The number of nitrogens with two attached hydrogens (primary N) is 1. The Hall–Kier alpha value is -2.77. The number of aromatic nitrogens is 4. The normalized spacial score (nSPS) is 34.5. The molecule has 2 aromatic heterocycles. The van der Waals surface area contributed by atoms with Gasteiger partial charge in [-0.25, -0.2) is 14.6 Å². The predicted octanol–water partition coefficient (Wildman–Crippen LogP) is 5.21. The molecule has 1 aromatic carbocycles. The van der Waals surface area contributed by atoms with Crippen LogP contribution < -0.4 is 10.5 Å². The molecule has 2 fully saturated rings. The largest absolute Gasteiger partial charge is 0.454 e. The first-order valence-corrected chi connectivity index (χ1v) is 14.3. The van der Waals surface area contributed by atoms with Gasteiger partial charge in [-0.2, -0.15) is 5.10 Å². The second-order valence-corrected chi connectivity index (χ2v) is 12.6. The Kier molecular flexibility index (Phi) is 6.55. The highest BCUT2D eigenvalue weighted by Crippen LogP contribution is 2.63. The number of hydrogen-bond acceptors (Lipinski definition) is 6. The summed E-state index contributed by atoms with van der Waals surface area (Å²) in [4.78, 5) is 8.00. The van der Waals surface area contributed by atoms with Crippen LogP contribution >= 0.6 is 0 Å². The van der Waals surface area contributed by atoms with Gasteiger partial charge in [-0.1, -0.05) is 20.8 Å². The van der Waals surface area contributed by atoms with Gasteiger partial charge in [0.2, 0.25) is 0 Å². The summed E-state index contributed by atoms with van der Waals surface area (Å²) < 4.78 is 7.83. The Bertz CT molecular complexity index is 1260. The highest BCUT2D eigenvalue weighted by atomic mass is 16.5. The van der Waals surface area contributed by atoms with E-state index >= 15 is 0 Å². The molecule has 7 atom stereocenters. The van der Waals surface area contributed by atoms with Crippen LogP contribution in [-0.2, 0) is 12.8 Å². The summed E-state index contributed by atoms with van der Waals surface area (Å²) in [6.45, 7) is 8.35. The molecule has 2 saturated carbocycles. The minimum atomic E-state index is 0.0161. The van der Waals surface area contributed by atoms with Crippen LogP contribution in [0.25, 0.3) is 5.69 Å². The fourth-order valence-corrected chi connectivity index (χ4v) is 8.46. The van der Waals surface area contributed by atoms with Crippen molar-refractivity contribution in [1.82, 2.24) is 19.7 Å². The Morgan fingerprint density at radius 2 is 1.76 bits per heavy atom. The lowest BCUT2D eigenvalue weighted by molar-refractivity contribution is -0.0689. The lowest BCUT2D eigenvalue weighted by Gasteiger charge is -2.56. The fraction of sp³-hybridized carbons (Fsp3) is 0.581. The summed E-state index contributed by atoms with van der Waals surface area (Å²) in [7, 11) is 0. The molecule has 3 aliphatic rings. The Morgan fingerprint density at radius 3 is 2.47 bits per heavy atom. The molecule has 0 bridgehead atoms. The number of fused-ring (bicyclic) bond motifs is 2. The smallest absolute Gasteiger partial charge is 0.163 e. The fourth-order valence-electron chi connectivity index (χ4n) is 8.46. The van der Waals surface area contributed by atoms with Crippen molar-refractivity contribution in [3.8, 4) is 17.2 Å². The molecule has 6 rings (SSSR count). The summed E-state index contributed by atoms with van der Waals surface area (Å²) in [6, 6.07) is 7.93. The van der Waals surface area contributed by atoms with Gasteiger partial charge in [0.15, 0.2) is 5.75 Å². The molecule has 3 aromatic rings. The number of rotatable bonds is 6. The van der Waals surface area contributed by atoms with Gasteiger partial charge in [0.1, 0.15) is 12.1 Å². The molecular formula is C31H41N5O2. The van der Waals surface area contributed by atoms with Gasteiger partial charge in [0.05, 0.1) is 23.8 Å². The topological polar surface area (TPSA) is 99.1 Å². The van der Waals surface area contributed by atoms with Crippen molar-refractivity contribution in [3.05, 3.63) is 60.4 Å². The number of benzene rings is 1. The zero-order valence-electron chi connectivity index (χ0n) is 22.9. The second-order valence-electron chi connectivity index (χ2n) is 12.6. The van der Waals surface area contributed by atoms with Crippen molar-refractivity contribution >= 4 is 0 Å². The maximum absolute atomic E-state index is 10.6. The molecule has 3 N–H and O–H groups in total. The number of aliphatic hydroxyl groups excluding tert-OH is 1. The average Bonchev–Trinajstić information content (AvgIpc) is 3.48. The van der Waals surface area contributed by atoms with E-state index in [4.69, 9.17) is 15.6 Å². The molecule has 0 saturated heterocycles. The number of nitrogens with zero attached hydrogens (tertiary/aromatic N) is 4.